The standard InChI is InChI=1S/C25H29N3O4S/c1-5-22(25(30)28-20-13-16(3)11-12-21(20)31-4)33-23-14-17(15-24(29)32-6-2)26-18-9-7-8-10-19(18)27-23/h7-14,22,26H,5-6,15H2,1-4H3,(H,28,30)/t22-/m1/s1. The van der Waals surface area contributed by atoms with Crippen molar-refractivity contribution in [1.29, 1.82) is 0 Å². The third kappa shape index (κ3) is 6.61. The molecule has 3 rings (SSSR count). The lowest BCUT2D eigenvalue weighted by molar-refractivity contribution is -0.142. The second-order valence-electron chi connectivity index (χ2n) is 7.45. The summed E-state index contributed by atoms with van der Waals surface area (Å²) >= 11 is 1.36. The molecule has 2 N–H and O–H groups in total. The molecule has 1 aliphatic heterocycles. The fourth-order valence-corrected chi connectivity index (χ4v) is 4.30. The van der Waals surface area contributed by atoms with Crippen LogP contribution in [0.5, 0.6) is 5.75 Å². The Bertz CT molecular complexity index is 1080. The molecule has 2 aromatic carbocycles. The molecule has 174 valence electrons. The van der Waals surface area contributed by atoms with Crippen LogP contribution >= 0.6 is 11.8 Å². The number of ether oxygens (including phenoxy) is 2. The summed E-state index contributed by atoms with van der Waals surface area (Å²) in [5.41, 5.74) is 3.86. The van der Waals surface area contributed by atoms with Gasteiger partial charge in [-0.25, -0.2) is 4.99 Å². The normalized spacial score (nSPS) is 13.5. The van der Waals surface area contributed by atoms with Crippen LogP contribution in [-0.4, -0.2) is 35.9 Å². The van der Waals surface area contributed by atoms with Crippen molar-refractivity contribution in [3.8, 4) is 5.75 Å². The van der Waals surface area contributed by atoms with E-state index < -0.39 is 0 Å². The van der Waals surface area contributed by atoms with Gasteiger partial charge in [0.15, 0.2) is 0 Å². The molecule has 0 aliphatic carbocycles. The van der Waals surface area contributed by atoms with Crippen molar-refractivity contribution in [1.82, 2.24) is 0 Å². The van der Waals surface area contributed by atoms with Crippen LogP contribution < -0.4 is 15.4 Å². The van der Waals surface area contributed by atoms with Crippen LogP contribution in [0.1, 0.15) is 32.3 Å². The van der Waals surface area contributed by atoms with E-state index in [-0.39, 0.29) is 23.5 Å². The molecule has 0 saturated heterocycles. The lowest BCUT2D eigenvalue weighted by atomic mass is 10.2. The molecular weight excluding hydrogens is 438 g/mol. The summed E-state index contributed by atoms with van der Waals surface area (Å²) in [5, 5.41) is 6.52. The Morgan fingerprint density at radius 2 is 1.97 bits per heavy atom. The van der Waals surface area contributed by atoms with Crippen LogP contribution in [0.3, 0.4) is 0 Å². The molecule has 1 amide bonds. The van der Waals surface area contributed by atoms with Gasteiger partial charge in [0.2, 0.25) is 5.91 Å². The minimum atomic E-state index is -0.390. The first kappa shape index (κ1) is 24.4. The molecule has 0 aromatic heterocycles. The average Bonchev–Trinajstić information content (AvgIpc) is 2.95. The van der Waals surface area contributed by atoms with E-state index in [0.717, 1.165) is 16.9 Å². The summed E-state index contributed by atoms with van der Waals surface area (Å²) in [6.07, 6.45) is 2.50. The Hall–Kier alpha value is -3.26. The van der Waals surface area contributed by atoms with Gasteiger partial charge in [0.25, 0.3) is 0 Å². The van der Waals surface area contributed by atoms with Gasteiger partial charge in [-0.1, -0.05) is 36.9 Å². The molecule has 1 aliphatic rings. The first-order chi connectivity index (χ1) is 15.9. The Labute approximate surface area is 198 Å². The first-order valence-corrected chi connectivity index (χ1v) is 11.7. The third-order valence-electron chi connectivity index (χ3n) is 4.91. The monoisotopic (exact) mass is 467 g/mol. The minimum absolute atomic E-state index is 0.0885. The number of esters is 1. The number of aliphatic imine (C=N–C) groups is 1. The summed E-state index contributed by atoms with van der Waals surface area (Å²) in [6, 6.07) is 13.2. The highest BCUT2D eigenvalue weighted by Gasteiger charge is 2.23. The van der Waals surface area contributed by atoms with Crippen molar-refractivity contribution >= 4 is 45.7 Å². The number of nitrogens with one attached hydrogen (secondary N) is 2. The van der Waals surface area contributed by atoms with Gasteiger partial charge in [0.05, 0.1) is 47.5 Å². The highest BCUT2D eigenvalue weighted by atomic mass is 32.2. The van der Waals surface area contributed by atoms with E-state index in [2.05, 4.69) is 10.6 Å². The highest BCUT2D eigenvalue weighted by molar-refractivity contribution is 8.15. The number of benzene rings is 2. The number of nitrogens with zero attached hydrogens (tertiary/aromatic N) is 1. The predicted molar refractivity (Wildman–Crippen MR) is 135 cm³/mol. The summed E-state index contributed by atoms with van der Waals surface area (Å²) in [7, 11) is 1.58. The second-order valence-corrected chi connectivity index (χ2v) is 8.67. The molecule has 8 heteroatoms. The lowest BCUT2D eigenvalue weighted by Gasteiger charge is -2.17. The lowest BCUT2D eigenvalue weighted by Crippen LogP contribution is -2.26. The summed E-state index contributed by atoms with van der Waals surface area (Å²) in [5.74, 6) is 0.145. The van der Waals surface area contributed by atoms with Crippen molar-refractivity contribution in [3.05, 3.63) is 59.8 Å². The van der Waals surface area contributed by atoms with E-state index in [9.17, 15) is 9.59 Å². The van der Waals surface area contributed by atoms with Gasteiger partial charge in [-0.05, 0) is 56.2 Å². The number of carbonyl (C=O) groups is 2. The fourth-order valence-electron chi connectivity index (χ4n) is 3.31. The van der Waals surface area contributed by atoms with Gasteiger partial charge >= 0.3 is 5.97 Å². The van der Waals surface area contributed by atoms with Crippen molar-refractivity contribution < 1.29 is 19.1 Å². The van der Waals surface area contributed by atoms with E-state index in [1.807, 2.05) is 62.4 Å². The van der Waals surface area contributed by atoms with Gasteiger partial charge in [-0.3, -0.25) is 9.59 Å². The minimum Gasteiger partial charge on any atom is -0.495 e. The molecule has 0 saturated carbocycles. The van der Waals surface area contributed by atoms with Crippen LogP contribution in [0.15, 0.2) is 59.2 Å². The Balaban J connectivity index is 1.84. The molecule has 2 aromatic rings. The molecular formula is C25H29N3O4S. The van der Waals surface area contributed by atoms with Crippen LogP contribution in [0.25, 0.3) is 0 Å². The smallest absolute Gasteiger partial charge is 0.311 e. The second kappa shape index (κ2) is 11.6. The number of rotatable bonds is 8. The van der Waals surface area contributed by atoms with Crippen molar-refractivity contribution in [2.24, 2.45) is 4.99 Å². The summed E-state index contributed by atoms with van der Waals surface area (Å²) in [6.45, 7) is 6.01. The zero-order chi connectivity index (χ0) is 23.8. The fraction of sp³-hybridized carbons (Fsp3) is 0.320. The maximum atomic E-state index is 13.1. The topological polar surface area (TPSA) is 89.0 Å². The number of anilines is 2. The number of hydrogen-bond donors (Lipinski definition) is 2. The number of thioether (sulfide) groups is 1. The molecule has 1 heterocycles. The van der Waals surface area contributed by atoms with Crippen LogP contribution in [-0.2, 0) is 14.3 Å². The Morgan fingerprint density at radius 3 is 2.70 bits per heavy atom. The van der Waals surface area contributed by atoms with E-state index in [0.29, 0.717) is 35.2 Å². The maximum absolute atomic E-state index is 13.1. The molecule has 0 radical (unpaired) electrons. The van der Waals surface area contributed by atoms with E-state index in [1.165, 1.54) is 11.8 Å². The molecule has 33 heavy (non-hydrogen) atoms. The SMILES string of the molecule is CCOC(=O)CC1=CC(S[C@H](CC)C(=O)Nc2cc(C)ccc2OC)=Nc2ccccc2N1. The number of aryl methyl sites for hydroxylation is 1. The van der Waals surface area contributed by atoms with Gasteiger partial charge in [-0.15, -0.1) is 0 Å². The van der Waals surface area contributed by atoms with Gasteiger partial charge in [-0.2, -0.15) is 0 Å². The first-order valence-electron chi connectivity index (χ1n) is 10.9. The molecule has 0 bridgehead atoms. The number of carbonyl (C=O) groups excluding carboxylic acids is 2. The molecule has 1 atom stereocenters. The van der Waals surface area contributed by atoms with Crippen molar-refractivity contribution in [2.75, 3.05) is 24.4 Å². The molecule has 7 nitrogen and oxygen atoms in total. The van der Waals surface area contributed by atoms with Crippen LogP contribution in [0.2, 0.25) is 0 Å². The van der Waals surface area contributed by atoms with Gasteiger partial charge in [0, 0.05) is 5.70 Å². The Morgan fingerprint density at radius 1 is 1.18 bits per heavy atom. The van der Waals surface area contributed by atoms with Gasteiger partial charge in [0.1, 0.15) is 5.75 Å². The van der Waals surface area contributed by atoms with Crippen LogP contribution in [0, 0.1) is 6.92 Å². The van der Waals surface area contributed by atoms with E-state index >= 15 is 0 Å². The van der Waals surface area contributed by atoms with Crippen molar-refractivity contribution in [3.63, 3.8) is 0 Å². The number of amides is 1. The van der Waals surface area contributed by atoms with Crippen molar-refractivity contribution in [2.45, 2.75) is 38.9 Å². The quantitative estimate of drug-likeness (QED) is 0.502. The van der Waals surface area contributed by atoms with E-state index in [1.54, 1.807) is 14.0 Å². The number of methoxy groups -OCH3 is 1. The number of fused-ring (bicyclic) bond motifs is 1. The van der Waals surface area contributed by atoms with Crippen LogP contribution in [0.4, 0.5) is 17.1 Å². The zero-order valence-corrected chi connectivity index (χ0v) is 20.1. The van der Waals surface area contributed by atoms with Gasteiger partial charge < -0.3 is 20.1 Å². The number of para-hydroxylation sites is 2. The third-order valence-corrected chi connectivity index (χ3v) is 6.19. The molecule has 0 fully saturated rings. The highest BCUT2D eigenvalue weighted by Crippen LogP contribution is 2.33. The predicted octanol–water partition coefficient (Wildman–Crippen LogP) is 5.45. The molecule has 0 unspecified atom stereocenters. The van der Waals surface area contributed by atoms with E-state index in [4.69, 9.17) is 14.5 Å². The number of hydrogen-bond acceptors (Lipinski definition) is 7. The Kier molecular flexibility index (Phi) is 8.54. The summed E-state index contributed by atoms with van der Waals surface area (Å²) in [4.78, 5) is 30.0. The maximum Gasteiger partial charge on any atom is 0.311 e. The summed E-state index contributed by atoms with van der Waals surface area (Å²) < 4.78 is 10.5. The zero-order valence-electron chi connectivity index (χ0n) is 19.3. The average molecular weight is 468 g/mol. The molecule has 0 spiro atoms. The largest absolute Gasteiger partial charge is 0.495 e.